The van der Waals surface area contributed by atoms with Gasteiger partial charge in [0, 0.05) is 29.0 Å². The quantitative estimate of drug-likeness (QED) is 0.381. The molecular weight excluding hydrogens is 440 g/mol. The van der Waals surface area contributed by atoms with E-state index in [0.29, 0.717) is 46.5 Å². The van der Waals surface area contributed by atoms with Crippen LogP contribution in [0.4, 0.5) is 11.6 Å². The predicted octanol–water partition coefficient (Wildman–Crippen LogP) is 4.26. The first-order valence-electron chi connectivity index (χ1n) is 10.6. The van der Waals surface area contributed by atoms with Gasteiger partial charge < -0.3 is 15.0 Å². The summed E-state index contributed by atoms with van der Waals surface area (Å²) in [6, 6.07) is 10.7. The molecule has 8 nitrogen and oxygen atoms in total. The van der Waals surface area contributed by atoms with Crippen LogP contribution in [0.15, 0.2) is 55.1 Å². The SMILES string of the molecule is O=Cc1ccc(Cl)cc1CC(=O)Nc1cc(NCc2cn3cc(C4CC4)ccc3n2)ncn1. The largest absolute Gasteiger partial charge is 0.364 e. The third-order valence-electron chi connectivity index (χ3n) is 5.54. The summed E-state index contributed by atoms with van der Waals surface area (Å²) in [6.45, 7) is 0.482. The van der Waals surface area contributed by atoms with E-state index >= 15 is 0 Å². The molecule has 2 N–H and O–H groups in total. The highest BCUT2D eigenvalue weighted by molar-refractivity contribution is 6.30. The molecule has 0 saturated heterocycles. The van der Waals surface area contributed by atoms with Crippen LogP contribution in [0.25, 0.3) is 5.65 Å². The fraction of sp³-hybridized carbons (Fsp3) is 0.208. The Bertz CT molecular complexity index is 1350. The van der Waals surface area contributed by atoms with Crippen molar-refractivity contribution in [2.45, 2.75) is 31.7 Å². The highest BCUT2D eigenvalue weighted by Crippen LogP contribution is 2.39. The molecule has 0 atom stereocenters. The first-order chi connectivity index (χ1) is 16.1. The van der Waals surface area contributed by atoms with Crippen molar-refractivity contribution in [3.05, 3.63) is 82.5 Å². The van der Waals surface area contributed by atoms with Crippen molar-refractivity contribution >= 4 is 41.1 Å². The Morgan fingerprint density at radius 1 is 1.12 bits per heavy atom. The molecule has 0 unspecified atom stereocenters. The Labute approximate surface area is 195 Å². The summed E-state index contributed by atoms with van der Waals surface area (Å²) in [4.78, 5) is 36.6. The number of aldehydes is 1. The molecule has 3 heterocycles. The van der Waals surface area contributed by atoms with Gasteiger partial charge in [0.2, 0.25) is 5.91 Å². The van der Waals surface area contributed by atoms with E-state index in [4.69, 9.17) is 11.6 Å². The molecule has 4 aromatic rings. The minimum absolute atomic E-state index is 0.00545. The zero-order valence-electron chi connectivity index (χ0n) is 17.7. The fourth-order valence-electron chi connectivity index (χ4n) is 3.71. The molecule has 166 valence electrons. The Balaban J connectivity index is 1.22. The van der Waals surface area contributed by atoms with Gasteiger partial charge in [-0.05, 0) is 54.2 Å². The lowest BCUT2D eigenvalue weighted by atomic mass is 10.1. The molecule has 0 radical (unpaired) electrons. The van der Waals surface area contributed by atoms with Crippen molar-refractivity contribution in [2.24, 2.45) is 0 Å². The lowest BCUT2D eigenvalue weighted by Crippen LogP contribution is -2.16. The molecule has 1 amide bonds. The average molecular weight is 461 g/mol. The van der Waals surface area contributed by atoms with Gasteiger partial charge in [-0.2, -0.15) is 0 Å². The second-order valence-corrected chi connectivity index (χ2v) is 8.50. The summed E-state index contributed by atoms with van der Waals surface area (Å²) in [5.74, 6) is 1.30. The van der Waals surface area contributed by atoms with E-state index in [9.17, 15) is 9.59 Å². The molecule has 1 aromatic carbocycles. The number of amides is 1. The minimum atomic E-state index is -0.308. The van der Waals surface area contributed by atoms with E-state index in [-0.39, 0.29) is 12.3 Å². The molecule has 1 fully saturated rings. The molecule has 9 heteroatoms. The number of nitrogens with zero attached hydrogens (tertiary/aromatic N) is 4. The van der Waals surface area contributed by atoms with E-state index in [1.165, 1.54) is 24.7 Å². The van der Waals surface area contributed by atoms with Crippen molar-refractivity contribution in [3.63, 3.8) is 0 Å². The number of nitrogens with one attached hydrogen (secondary N) is 2. The molecule has 1 saturated carbocycles. The fourth-order valence-corrected chi connectivity index (χ4v) is 3.91. The third-order valence-corrected chi connectivity index (χ3v) is 5.78. The van der Waals surface area contributed by atoms with Crippen molar-refractivity contribution in [2.75, 3.05) is 10.6 Å². The summed E-state index contributed by atoms with van der Waals surface area (Å²) in [5.41, 5.74) is 4.13. The van der Waals surface area contributed by atoms with E-state index in [1.807, 2.05) is 12.3 Å². The van der Waals surface area contributed by atoms with E-state index < -0.39 is 0 Å². The van der Waals surface area contributed by atoms with Crippen molar-refractivity contribution < 1.29 is 9.59 Å². The number of carbonyl (C=O) groups is 2. The number of aromatic nitrogens is 4. The molecule has 5 rings (SSSR count). The maximum absolute atomic E-state index is 12.5. The Hall–Kier alpha value is -3.78. The van der Waals surface area contributed by atoms with Crippen molar-refractivity contribution in [3.8, 4) is 0 Å². The smallest absolute Gasteiger partial charge is 0.229 e. The highest BCUT2D eigenvalue weighted by atomic mass is 35.5. The maximum atomic E-state index is 12.5. The van der Waals surface area contributed by atoms with Gasteiger partial charge in [-0.15, -0.1) is 0 Å². The standard InChI is InChI=1S/C24H21ClN6O2/c25-19-5-3-17(13-32)18(7-19)8-24(33)30-22-9-21(27-14-28-22)26-10-20-12-31-11-16(15-1-2-15)4-6-23(31)29-20/h3-7,9,11-15H,1-2,8,10H2,(H2,26,27,28,30,33). The predicted molar refractivity (Wildman–Crippen MR) is 126 cm³/mol. The normalized spacial score (nSPS) is 13.1. The molecule has 0 aliphatic heterocycles. The van der Waals surface area contributed by atoms with Crippen LogP contribution >= 0.6 is 11.6 Å². The Kier molecular flexibility index (Phi) is 5.75. The summed E-state index contributed by atoms with van der Waals surface area (Å²) in [7, 11) is 0. The zero-order chi connectivity index (χ0) is 22.8. The van der Waals surface area contributed by atoms with Crippen molar-refractivity contribution in [1.29, 1.82) is 0 Å². The van der Waals surface area contributed by atoms with Crippen LogP contribution in [-0.4, -0.2) is 31.5 Å². The number of hydrogen-bond donors (Lipinski definition) is 2. The van der Waals surface area contributed by atoms with E-state index in [2.05, 4.69) is 42.2 Å². The number of benzene rings is 1. The number of anilines is 2. The lowest BCUT2D eigenvalue weighted by molar-refractivity contribution is -0.115. The number of fused-ring (bicyclic) bond motifs is 1. The molecule has 1 aliphatic rings. The first kappa shape index (κ1) is 21.1. The van der Waals surface area contributed by atoms with Crippen LogP contribution in [0.3, 0.4) is 0 Å². The molecule has 33 heavy (non-hydrogen) atoms. The number of imidazole rings is 1. The highest BCUT2D eigenvalue weighted by Gasteiger charge is 2.23. The number of rotatable bonds is 8. The van der Waals surface area contributed by atoms with E-state index in [0.717, 1.165) is 11.3 Å². The van der Waals surface area contributed by atoms with E-state index in [1.54, 1.807) is 24.3 Å². The molecule has 0 bridgehead atoms. The van der Waals surface area contributed by atoms with Crippen molar-refractivity contribution in [1.82, 2.24) is 19.4 Å². The topological polar surface area (TPSA) is 101 Å². The summed E-state index contributed by atoms with van der Waals surface area (Å²) in [6.07, 6.45) is 8.77. The van der Waals surface area contributed by atoms with Gasteiger partial charge >= 0.3 is 0 Å². The van der Waals surface area contributed by atoms with Crippen LogP contribution < -0.4 is 10.6 Å². The Morgan fingerprint density at radius 2 is 1.97 bits per heavy atom. The maximum Gasteiger partial charge on any atom is 0.229 e. The third kappa shape index (κ3) is 5.01. The van der Waals surface area contributed by atoms with Gasteiger partial charge in [-0.1, -0.05) is 17.7 Å². The molecule has 3 aromatic heterocycles. The minimum Gasteiger partial charge on any atom is -0.364 e. The number of halogens is 1. The monoisotopic (exact) mass is 460 g/mol. The summed E-state index contributed by atoms with van der Waals surface area (Å²) < 4.78 is 2.06. The molecular formula is C24H21ClN6O2. The van der Waals surface area contributed by atoms with Gasteiger partial charge in [0.15, 0.2) is 0 Å². The molecule has 1 aliphatic carbocycles. The summed E-state index contributed by atoms with van der Waals surface area (Å²) in [5, 5.41) is 6.42. The van der Waals surface area contributed by atoms with Gasteiger partial charge in [0.1, 0.15) is 29.9 Å². The van der Waals surface area contributed by atoms with Crippen LogP contribution in [0.5, 0.6) is 0 Å². The number of hydrogen-bond acceptors (Lipinski definition) is 6. The number of pyridine rings is 1. The van der Waals surface area contributed by atoms with Crippen LogP contribution in [-0.2, 0) is 17.8 Å². The zero-order valence-corrected chi connectivity index (χ0v) is 18.4. The van der Waals surface area contributed by atoms with Crippen LogP contribution in [0, 0.1) is 0 Å². The second kappa shape index (κ2) is 8.99. The van der Waals surface area contributed by atoms with Gasteiger partial charge in [0.25, 0.3) is 0 Å². The van der Waals surface area contributed by atoms with Gasteiger partial charge in [0.05, 0.1) is 18.7 Å². The van der Waals surface area contributed by atoms with Crippen LogP contribution in [0.2, 0.25) is 5.02 Å². The van der Waals surface area contributed by atoms with Gasteiger partial charge in [-0.3, -0.25) is 9.59 Å². The lowest BCUT2D eigenvalue weighted by Gasteiger charge is -2.08. The summed E-state index contributed by atoms with van der Waals surface area (Å²) >= 11 is 5.99. The van der Waals surface area contributed by atoms with Gasteiger partial charge in [-0.25, -0.2) is 15.0 Å². The Morgan fingerprint density at radius 3 is 2.79 bits per heavy atom. The second-order valence-electron chi connectivity index (χ2n) is 8.06. The molecule has 0 spiro atoms. The number of carbonyl (C=O) groups excluding carboxylic acids is 2. The van der Waals surface area contributed by atoms with Crippen LogP contribution in [0.1, 0.15) is 45.9 Å². The first-order valence-corrected chi connectivity index (χ1v) is 11.0. The average Bonchev–Trinajstić information content (AvgIpc) is 3.57.